The largest absolute Gasteiger partial charge is 0.376 e. The van der Waals surface area contributed by atoms with Gasteiger partial charge in [0, 0.05) is 38.5 Å². The zero-order valence-corrected chi connectivity index (χ0v) is 13.4. The Labute approximate surface area is 132 Å². The molecule has 2 heterocycles. The van der Waals surface area contributed by atoms with E-state index in [4.69, 9.17) is 4.74 Å². The van der Waals surface area contributed by atoms with Crippen molar-refractivity contribution < 1.29 is 9.53 Å². The Hall–Kier alpha value is -1.72. The lowest BCUT2D eigenvalue weighted by atomic mass is 10.2. The molecule has 0 saturated carbocycles. The summed E-state index contributed by atoms with van der Waals surface area (Å²) in [6, 6.07) is 5.65. The van der Waals surface area contributed by atoms with Gasteiger partial charge in [-0.15, -0.1) is 0 Å². The first kappa shape index (κ1) is 16.6. The summed E-state index contributed by atoms with van der Waals surface area (Å²) < 4.78 is 5.66. The third kappa shape index (κ3) is 5.58. The van der Waals surface area contributed by atoms with Crippen LogP contribution in [0.1, 0.15) is 18.5 Å². The summed E-state index contributed by atoms with van der Waals surface area (Å²) in [7, 11) is 4.02. The minimum absolute atomic E-state index is 0.0167. The molecule has 0 radical (unpaired) electrons. The maximum absolute atomic E-state index is 12.5. The molecule has 1 aliphatic rings. The van der Waals surface area contributed by atoms with Crippen LogP contribution in [0, 0.1) is 0 Å². The van der Waals surface area contributed by atoms with Gasteiger partial charge in [-0.3, -0.25) is 9.78 Å². The number of carbonyl (C=O) groups is 1. The van der Waals surface area contributed by atoms with Crippen LogP contribution in [0.5, 0.6) is 0 Å². The molecule has 0 bridgehead atoms. The standard InChI is InChI=1S/C17H25N3O2/c1-19(2)11-12-20(14-16-7-5-13-22-16)17(21)9-8-15-6-3-4-10-18-15/h3-4,6,8-10,16H,5,7,11-14H2,1-2H3/b9-8+/t16-/m1/s1. The molecule has 1 amide bonds. The van der Waals surface area contributed by atoms with Crippen molar-refractivity contribution in [3.63, 3.8) is 0 Å². The van der Waals surface area contributed by atoms with Gasteiger partial charge < -0.3 is 14.5 Å². The number of pyridine rings is 1. The van der Waals surface area contributed by atoms with Gasteiger partial charge in [0.1, 0.15) is 0 Å². The molecule has 1 aromatic heterocycles. The average molecular weight is 303 g/mol. The Balaban J connectivity index is 1.95. The molecule has 2 rings (SSSR count). The number of carbonyl (C=O) groups excluding carboxylic acids is 1. The highest BCUT2D eigenvalue weighted by Gasteiger charge is 2.21. The van der Waals surface area contributed by atoms with Gasteiger partial charge in [-0.25, -0.2) is 0 Å². The third-order valence-corrected chi connectivity index (χ3v) is 3.66. The molecule has 0 N–H and O–H groups in total. The number of nitrogens with zero attached hydrogens (tertiary/aromatic N) is 3. The number of hydrogen-bond donors (Lipinski definition) is 0. The quantitative estimate of drug-likeness (QED) is 0.719. The van der Waals surface area contributed by atoms with E-state index >= 15 is 0 Å². The second kappa shape index (κ2) is 8.66. The Kier molecular flexibility index (Phi) is 6.55. The lowest BCUT2D eigenvalue weighted by Crippen LogP contribution is -2.40. The molecule has 0 spiro atoms. The zero-order chi connectivity index (χ0) is 15.8. The number of amides is 1. The van der Waals surface area contributed by atoms with Crippen molar-refractivity contribution in [2.45, 2.75) is 18.9 Å². The minimum atomic E-state index is 0.0167. The van der Waals surface area contributed by atoms with E-state index in [0.717, 1.165) is 31.7 Å². The van der Waals surface area contributed by atoms with Gasteiger partial charge in [-0.2, -0.15) is 0 Å². The third-order valence-electron chi connectivity index (χ3n) is 3.66. The molecule has 1 atom stereocenters. The number of rotatable bonds is 7. The molecule has 5 heteroatoms. The van der Waals surface area contributed by atoms with Gasteiger partial charge in [0.25, 0.3) is 0 Å². The summed E-state index contributed by atoms with van der Waals surface area (Å²) in [6.45, 7) is 3.03. The lowest BCUT2D eigenvalue weighted by molar-refractivity contribution is -0.127. The van der Waals surface area contributed by atoms with E-state index in [1.165, 1.54) is 0 Å². The smallest absolute Gasteiger partial charge is 0.246 e. The molecule has 1 aliphatic heterocycles. The molecule has 0 aromatic carbocycles. The molecule has 0 aliphatic carbocycles. The van der Waals surface area contributed by atoms with Crippen LogP contribution in [0.3, 0.4) is 0 Å². The van der Waals surface area contributed by atoms with Crippen LogP contribution >= 0.6 is 0 Å². The van der Waals surface area contributed by atoms with Crippen molar-refractivity contribution in [3.8, 4) is 0 Å². The molecule has 1 aromatic rings. The fourth-order valence-electron chi connectivity index (χ4n) is 2.38. The maximum atomic E-state index is 12.5. The molecule has 1 saturated heterocycles. The fraction of sp³-hybridized carbons (Fsp3) is 0.529. The van der Waals surface area contributed by atoms with Gasteiger partial charge in [0.2, 0.25) is 5.91 Å². The summed E-state index contributed by atoms with van der Waals surface area (Å²) in [4.78, 5) is 20.6. The molecular weight excluding hydrogens is 278 g/mol. The Morgan fingerprint density at radius 2 is 2.27 bits per heavy atom. The average Bonchev–Trinajstić information content (AvgIpc) is 3.03. The second-order valence-corrected chi connectivity index (χ2v) is 5.81. The van der Waals surface area contributed by atoms with Crippen molar-refractivity contribution in [3.05, 3.63) is 36.2 Å². The SMILES string of the molecule is CN(C)CCN(C[C@H]1CCCO1)C(=O)/C=C/c1ccccn1. The Morgan fingerprint density at radius 1 is 1.41 bits per heavy atom. The van der Waals surface area contributed by atoms with Crippen LogP contribution in [0.2, 0.25) is 0 Å². The van der Waals surface area contributed by atoms with Crippen molar-refractivity contribution in [2.24, 2.45) is 0 Å². The fourth-order valence-corrected chi connectivity index (χ4v) is 2.38. The van der Waals surface area contributed by atoms with Gasteiger partial charge in [-0.05, 0) is 45.1 Å². The summed E-state index contributed by atoms with van der Waals surface area (Å²) in [6.07, 6.45) is 7.39. The highest BCUT2D eigenvalue weighted by molar-refractivity contribution is 5.91. The molecule has 5 nitrogen and oxygen atoms in total. The minimum Gasteiger partial charge on any atom is -0.376 e. The number of aromatic nitrogens is 1. The van der Waals surface area contributed by atoms with E-state index in [1.54, 1.807) is 18.3 Å². The summed E-state index contributed by atoms with van der Waals surface area (Å²) in [5.74, 6) is 0.0167. The predicted octanol–water partition coefficient (Wildman–Crippen LogP) is 1.66. The van der Waals surface area contributed by atoms with Gasteiger partial charge in [0.15, 0.2) is 0 Å². The highest BCUT2D eigenvalue weighted by atomic mass is 16.5. The first-order valence-corrected chi connectivity index (χ1v) is 7.79. The van der Waals surface area contributed by atoms with E-state index in [-0.39, 0.29) is 12.0 Å². The van der Waals surface area contributed by atoms with E-state index in [1.807, 2.05) is 37.2 Å². The van der Waals surface area contributed by atoms with E-state index < -0.39 is 0 Å². The summed E-state index contributed by atoms with van der Waals surface area (Å²) >= 11 is 0. The highest BCUT2D eigenvalue weighted by Crippen LogP contribution is 2.13. The summed E-state index contributed by atoms with van der Waals surface area (Å²) in [5, 5.41) is 0. The molecule has 0 unspecified atom stereocenters. The van der Waals surface area contributed by atoms with Crippen LogP contribution < -0.4 is 0 Å². The maximum Gasteiger partial charge on any atom is 0.246 e. The first-order valence-electron chi connectivity index (χ1n) is 7.79. The van der Waals surface area contributed by atoms with E-state index in [9.17, 15) is 4.79 Å². The topological polar surface area (TPSA) is 45.7 Å². The van der Waals surface area contributed by atoms with Crippen LogP contribution in [-0.4, -0.2) is 67.1 Å². The van der Waals surface area contributed by atoms with Gasteiger partial charge >= 0.3 is 0 Å². The zero-order valence-electron chi connectivity index (χ0n) is 13.4. The molecule has 1 fully saturated rings. The van der Waals surface area contributed by atoms with Crippen LogP contribution in [0.25, 0.3) is 6.08 Å². The van der Waals surface area contributed by atoms with Crippen molar-refractivity contribution >= 4 is 12.0 Å². The molecular formula is C17H25N3O2. The van der Waals surface area contributed by atoms with Crippen LogP contribution in [0.4, 0.5) is 0 Å². The monoisotopic (exact) mass is 303 g/mol. The molecule has 120 valence electrons. The normalized spacial score (nSPS) is 18.2. The number of hydrogen-bond acceptors (Lipinski definition) is 4. The van der Waals surface area contributed by atoms with Crippen LogP contribution in [-0.2, 0) is 9.53 Å². The van der Waals surface area contributed by atoms with Crippen molar-refractivity contribution in [1.29, 1.82) is 0 Å². The van der Waals surface area contributed by atoms with Crippen molar-refractivity contribution in [1.82, 2.24) is 14.8 Å². The summed E-state index contributed by atoms with van der Waals surface area (Å²) in [5.41, 5.74) is 0.792. The second-order valence-electron chi connectivity index (χ2n) is 5.81. The van der Waals surface area contributed by atoms with E-state index in [2.05, 4.69) is 9.88 Å². The van der Waals surface area contributed by atoms with Gasteiger partial charge in [-0.1, -0.05) is 6.07 Å². The lowest BCUT2D eigenvalue weighted by Gasteiger charge is -2.25. The van der Waals surface area contributed by atoms with Gasteiger partial charge in [0.05, 0.1) is 11.8 Å². The van der Waals surface area contributed by atoms with E-state index in [0.29, 0.717) is 13.1 Å². The predicted molar refractivity (Wildman–Crippen MR) is 87.4 cm³/mol. The van der Waals surface area contributed by atoms with Crippen LogP contribution in [0.15, 0.2) is 30.5 Å². The Morgan fingerprint density at radius 3 is 2.91 bits per heavy atom. The molecule has 22 heavy (non-hydrogen) atoms. The Bertz CT molecular complexity index is 482. The number of likely N-dealkylation sites (N-methyl/N-ethyl adjacent to an activating group) is 1. The van der Waals surface area contributed by atoms with Crippen molar-refractivity contribution in [2.75, 3.05) is 40.3 Å². The first-order chi connectivity index (χ1) is 10.6. The number of ether oxygens (including phenoxy) is 1.